The van der Waals surface area contributed by atoms with Crippen molar-refractivity contribution < 1.29 is 14.7 Å². The topological polar surface area (TPSA) is 82.9 Å². The minimum absolute atomic E-state index is 0.248. The molecule has 2 aromatic rings. The molecule has 1 N–H and O–H groups in total. The van der Waals surface area contributed by atoms with Gasteiger partial charge in [0.2, 0.25) is 0 Å². The van der Waals surface area contributed by atoms with Gasteiger partial charge in [0.15, 0.2) is 0 Å². The van der Waals surface area contributed by atoms with Crippen LogP contribution in [0.3, 0.4) is 0 Å². The van der Waals surface area contributed by atoms with E-state index in [1.54, 1.807) is 23.9 Å². The fourth-order valence-corrected chi connectivity index (χ4v) is 7.05. The molecule has 2 aliphatic heterocycles. The van der Waals surface area contributed by atoms with Gasteiger partial charge < -0.3 is 10.0 Å². The van der Waals surface area contributed by atoms with Gasteiger partial charge in [0.25, 0.3) is 11.5 Å². The molecule has 170 valence electrons. The van der Waals surface area contributed by atoms with Crippen LogP contribution in [0.5, 0.6) is 0 Å². The molecule has 0 spiro atoms. The average Bonchev–Trinajstić information content (AvgIpc) is 3.39. The lowest BCUT2D eigenvalue weighted by Gasteiger charge is -2.17. The first-order valence-corrected chi connectivity index (χ1v) is 12.8. The monoisotopic (exact) mass is 517 g/mol. The number of aliphatic carboxylic acids is 1. The Morgan fingerprint density at radius 3 is 2.64 bits per heavy atom. The maximum absolute atomic E-state index is 13.1. The molecule has 11 heteroatoms. The third kappa shape index (κ3) is 4.45. The zero-order chi connectivity index (χ0) is 23.7. The predicted octanol–water partition coefficient (Wildman–Crippen LogP) is 2.40. The Kier molecular flexibility index (Phi) is 6.94. The summed E-state index contributed by atoms with van der Waals surface area (Å²) < 4.78 is 2.13. The minimum atomic E-state index is -1.17. The van der Waals surface area contributed by atoms with Crippen LogP contribution in [0, 0.1) is 0 Å². The second-order valence-electron chi connectivity index (χ2n) is 6.94. The molecule has 4 rings (SSSR count). The summed E-state index contributed by atoms with van der Waals surface area (Å²) in [6.45, 7) is 6.16. The number of amides is 1. The molecule has 1 aromatic heterocycles. The largest absolute Gasteiger partial charge is 0.480 e. The number of carbonyl (C=O) groups excluding carboxylic acids is 1. The molecule has 0 aliphatic carbocycles. The SMILES string of the molecule is C=CCN1C(=O)C(=c2sc(=CC=C3Sc4ccccc4N3CC)c(=O)n2CC(=O)O)SC1=S. The highest BCUT2D eigenvalue weighted by Gasteiger charge is 2.33. The third-order valence-electron chi connectivity index (χ3n) is 4.89. The van der Waals surface area contributed by atoms with Gasteiger partial charge in [0.05, 0.1) is 15.2 Å². The number of allylic oxidation sites excluding steroid dienone is 1. The van der Waals surface area contributed by atoms with Crippen molar-refractivity contribution in [1.82, 2.24) is 9.47 Å². The highest BCUT2D eigenvalue weighted by Crippen LogP contribution is 2.45. The second-order valence-corrected chi connectivity index (χ2v) is 10.7. The molecule has 1 fully saturated rings. The van der Waals surface area contributed by atoms with Gasteiger partial charge in [-0.25, -0.2) is 0 Å². The van der Waals surface area contributed by atoms with Crippen LogP contribution in [0.25, 0.3) is 11.0 Å². The van der Waals surface area contributed by atoms with Crippen LogP contribution in [-0.4, -0.2) is 43.9 Å². The van der Waals surface area contributed by atoms with Crippen LogP contribution in [0.2, 0.25) is 0 Å². The molecule has 1 saturated heterocycles. The first-order chi connectivity index (χ1) is 15.8. The summed E-state index contributed by atoms with van der Waals surface area (Å²) in [4.78, 5) is 42.3. The summed E-state index contributed by atoms with van der Waals surface area (Å²) in [5.41, 5.74) is 0.658. The van der Waals surface area contributed by atoms with E-state index in [4.69, 9.17) is 12.2 Å². The van der Waals surface area contributed by atoms with E-state index in [-0.39, 0.29) is 17.4 Å². The fraction of sp³-hybridized carbons (Fsp3) is 0.182. The van der Waals surface area contributed by atoms with Crippen molar-refractivity contribution in [1.29, 1.82) is 0 Å². The van der Waals surface area contributed by atoms with Crippen LogP contribution in [0.15, 0.2) is 57.7 Å². The van der Waals surface area contributed by atoms with E-state index in [0.29, 0.717) is 13.5 Å². The summed E-state index contributed by atoms with van der Waals surface area (Å²) in [6.07, 6.45) is 5.12. The van der Waals surface area contributed by atoms with Crippen molar-refractivity contribution in [3.63, 3.8) is 0 Å². The number of thiocarbonyl (C=S) groups is 1. The van der Waals surface area contributed by atoms with E-state index < -0.39 is 18.1 Å². The molecule has 3 heterocycles. The number of para-hydroxylation sites is 1. The first kappa shape index (κ1) is 23.6. The lowest BCUT2D eigenvalue weighted by atomic mass is 10.3. The predicted molar refractivity (Wildman–Crippen MR) is 139 cm³/mol. The molecule has 0 atom stereocenters. The second kappa shape index (κ2) is 9.72. The number of carboxylic acid groups (broad SMARTS) is 1. The normalized spacial score (nSPS) is 19.1. The zero-order valence-electron chi connectivity index (χ0n) is 17.5. The molecule has 0 unspecified atom stereocenters. The highest BCUT2D eigenvalue weighted by atomic mass is 32.2. The Hall–Kier alpha value is -2.60. The molecule has 33 heavy (non-hydrogen) atoms. The molecule has 1 aromatic carbocycles. The van der Waals surface area contributed by atoms with Crippen LogP contribution in [0.4, 0.5) is 5.69 Å². The number of fused-ring (bicyclic) bond motifs is 1. The maximum Gasteiger partial charge on any atom is 0.323 e. The van der Waals surface area contributed by atoms with E-state index in [9.17, 15) is 19.5 Å². The van der Waals surface area contributed by atoms with Crippen LogP contribution >= 0.6 is 47.1 Å². The van der Waals surface area contributed by atoms with Gasteiger partial charge in [-0.15, -0.1) is 17.9 Å². The molecular weight excluding hydrogens is 499 g/mol. The van der Waals surface area contributed by atoms with Crippen molar-refractivity contribution in [2.75, 3.05) is 18.0 Å². The Bertz CT molecular complexity index is 1390. The lowest BCUT2D eigenvalue weighted by molar-refractivity contribution is -0.137. The zero-order valence-corrected chi connectivity index (χ0v) is 20.8. The number of anilines is 1. The third-order valence-corrected chi connectivity index (χ3v) is 8.73. The van der Waals surface area contributed by atoms with Crippen molar-refractivity contribution >= 4 is 79.9 Å². The smallest absolute Gasteiger partial charge is 0.323 e. The first-order valence-electron chi connectivity index (χ1n) is 9.92. The quantitative estimate of drug-likeness (QED) is 0.462. The van der Waals surface area contributed by atoms with Gasteiger partial charge in [0.1, 0.15) is 20.4 Å². The summed E-state index contributed by atoms with van der Waals surface area (Å²) in [7, 11) is 0. The number of nitrogens with zero attached hydrogens (tertiary/aromatic N) is 3. The van der Waals surface area contributed by atoms with E-state index in [1.807, 2.05) is 30.3 Å². The summed E-state index contributed by atoms with van der Waals surface area (Å²) in [5, 5.41) is 10.3. The van der Waals surface area contributed by atoms with Crippen molar-refractivity contribution in [2.45, 2.75) is 18.4 Å². The highest BCUT2D eigenvalue weighted by molar-refractivity contribution is 8.30. The number of benzene rings is 1. The van der Waals surface area contributed by atoms with Gasteiger partial charge in [0, 0.05) is 18.0 Å². The number of carboxylic acids is 1. The number of hydrogen-bond acceptors (Lipinski definition) is 8. The summed E-state index contributed by atoms with van der Waals surface area (Å²) in [6, 6.07) is 8.06. The van der Waals surface area contributed by atoms with Gasteiger partial charge in [-0.3, -0.25) is 23.9 Å². The number of thioether (sulfide) groups is 2. The number of rotatable bonds is 6. The van der Waals surface area contributed by atoms with Crippen LogP contribution < -0.4 is 19.7 Å². The average molecular weight is 518 g/mol. The standard InChI is InChI=1S/C22H19N3O4S4/c1-3-11-24-20(29)18(33-22(24)30)21-25(12-17(26)27)19(28)15(32-21)9-10-16-23(4-2)13-7-5-6-8-14(13)31-16/h3,5-10H,1,4,11-12H2,2H3,(H,26,27). The minimum Gasteiger partial charge on any atom is -0.480 e. The van der Waals surface area contributed by atoms with E-state index in [0.717, 1.165) is 49.8 Å². The fourth-order valence-electron chi connectivity index (χ4n) is 3.44. The van der Waals surface area contributed by atoms with Gasteiger partial charge in [-0.05, 0) is 31.2 Å². The Morgan fingerprint density at radius 1 is 1.18 bits per heavy atom. The Balaban J connectivity index is 1.84. The lowest BCUT2D eigenvalue weighted by Crippen LogP contribution is -2.35. The molecule has 2 aliphatic rings. The van der Waals surface area contributed by atoms with Gasteiger partial charge in [-0.2, -0.15) is 0 Å². The van der Waals surface area contributed by atoms with E-state index >= 15 is 0 Å². The van der Waals surface area contributed by atoms with Crippen molar-refractivity contribution in [2.24, 2.45) is 0 Å². The van der Waals surface area contributed by atoms with Crippen molar-refractivity contribution in [3.05, 3.63) is 67.6 Å². The molecule has 0 bridgehead atoms. The Morgan fingerprint density at radius 2 is 1.94 bits per heavy atom. The van der Waals surface area contributed by atoms with E-state index in [1.165, 1.54) is 4.90 Å². The molecule has 0 radical (unpaired) electrons. The van der Waals surface area contributed by atoms with Crippen molar-refractivity contribution in [3.8, 4) is 0 Å². The Labute approximate surface area is 207 Å². The van der Waals surface area contributed by atoms with Gasteiger partial charge >= 0.3 is 5.97 Å². The molecule has 0 saturated carbocycles. The molecular formula is C22H19N3O4S4. The summed E-state index contributed by atoms with van der Waals surface area (Å²) >= 11 is 9.06. The number of carbonyl (C=O) groups is 2. The van der Waals surface area contributed by atoms with Crippen LogP contribution in [0.1, 0.15) is 6.92 Å². The van der Waals surface area contributed by atoms with Gasteiger partial charge in [-0.1, -0.05) is 54.0 Å². The molecule has 1 amide bonds. The summed E-state index contributed by atoms with van der Waals surface area (Å²) in [5.74, 6) is -1.52. The maximum atomic E-state index is 13.1. The molecule has 7 nitrogen and oxygen atoms in total. The number of thiazole rings is 1. The van der Waals surface area contributed by atoms with E-state index in [2.05, 4.69) is 18.4 Å². The number of aromatic nitrogens is 1. The van der Waals surface area contributed by atoms with Crippen LogP contribution in [-0.2, 0) is 16.1 Å². The number of hydrogen-bond donors (Lipinski definition) is 1.